The smallest absolute Gasteiger partial charge is 0.318 e. The minimum atomic E-state index is -0.0771. The molecule has 2 aromatic rings. The van der Waals surface area contributed by atoms with E-state index in [0.717, 1.165) is 15.8 Å². The third kappa shape index (κ3) is 5.89. The van der Waals surface area contributed by atoms with E-state index in [1.165, 1.54) is 0 Å². The van der Waals surface area contributed by atoms with E-state index in [0.29, 0.717) is 19.7 Å². The summed E-state index contributed by atoms with van der Waals surface area (Å²) in [7, 11) is 0. The van der Waals surface area contributed by atoms with E-state index in [9.17, 15) is 4.79 Å². The Morgan fingerprint density at radius 1 is 1.17 bits per heavy atom. The number of amides is 2. The van der Waals surface area contributed by atoms with Crippen LogP contribution in [0.4, 0.5) is 4.79 Å². The van der Waals surface area contributed by atoms with Crippen molar-refractivity contribution in [1.29, 1.82) is 0 Å². The van der Waals surface area contributed by atoms with Crippen molar-refractivity contribution in [2.24, 2.45) is 0 Å². The third-order valence-electron chi connectivity index (χ3n) is 3.52. The van der Waals surface area contributed by atoms with Crippen molar-refractivity contribution >= 4 is 22.0 Å². The molecule has 2 rings (SSSR count). The predicted octanol–water partition coefficient (Wildman–Crippen LogP) is 4.45. The molecule has 2 aromatic carbocycles. The summed E-state index contributed by atoms with van der Waals surface area (Å²) in [6.07, 6.45) is 0. The average Bonchev–Trinajstić information content (AvgIpc) is 2.57. The summed E-state index contributed by atoms with van der Waals surface area (Å²) in [4.78, 5) is 14.2. The van der Waals surface area contributed by atoms with E-state index < -0.39 is 0 Å². The van der Waals surface area contributed by atoms with Crippen LogP contribution < -0.4 is 10.1 Å². The Morgan fingerprint density at radius 3 is 2.58 bits per heavy atom. The van der Waals surface area contributed by atoms with Gasteiger partial charge in [-0.05, 0) is 37.6 Å². The fourth-order valence-electron chi connectivity index (χ4n) is 2.25. The lowest BCUT2D eigenvalue weighted by atomic mass is 10.2. The molecule has 0 radical (unpaired) electrons. The summed E-state index contributed by atoms with van der Waals surface area (Å²) in [6.45, 7) is 5.51. The van der Waals surface area contributed by atoms with Crippen LogP contribution in [-0.4, -0.2) is 30.1 Å². The zero-order chi connectivity index (χ0) is 17.4. The van der Waals surface area contributed by atoms with Crippen molar-refractivity contribution in [1.82, 2.24) is 10.2 Å². The molecule has 0 aliphatic carbocycles. The van der Waals surface area contributed by atoms with E-state index in [1.54, 1.807) is 0 Å². The highest BCUT2D eigenvalue weighted by atomic mass is 79.9. The number of carbonyl (C=O) groups is 1. The van der Waals surface area contributed by atoms with Crippen LogP contribution in [0.5, 0.6) is 5.75 Å². The number of nitrogens with one attached hydrogen (secondary N) is 1. The van der Waals surface area contributed by atoms with Crippen LogP contribution in [0.15, 0.2) is 59.1 Å². The summed E-state index contributed by atoms with van der Waals surface area (Å²) in [5.41, 5.74) is 1.12. The summed E-state index contributed by atoms with van der Waals surface area (Å²) < 4.78 is 6.60. The Hall–Kier alpha value is -2.01. The maximum Gasteiger partial charge on any atom is 0.318 e. The van der Waals surface area contributed by atoms with Gasteiger partial charge in [-0.15, -0.1) is 0 Å². The second-order valence-corrected chi connectivity index (χ2v) is 6.66. The van der Waals surface area contributed by atoms with Crippen LogP contribution >= 0.6 is 15.9 Å². The van der Waals surface area contributed by atoms with Gasteiger partial charge >= 0.3 is 6.03 Å². The van der Waals surface area contributed by atoms with Crippen molar-refractivity contribution in [3.8, 4) is 5.75 Å². The normalized spacial score (nSPS) is 10.5. The molecule has 0 saturated carbocycles. The number of urea groups is 1. The molecule has 0 bridgehead atoms. The van der Waals surface area contributed by atoms with Crippen LogP contribution in [0, 0.1) is 0 Å². The quantitative estimate of drug-likeness (QED) is 0.709. The van der Waals surface area contributed by atoms with Crippen molar-refractivity contribution in [3.05, 3.63) is 64.6 Å². The van der Waals surface area contributed by atoms with Gasteiger partial charge in [0.1, 0.15) is 12.4 Å². The molecule has 0 aliphatic heterocycles. The highest BCUT2D eigenvalue weighted by Gasteiger charge is 2.16. The number of benzene rings is 2. The van der Waals surface area contributed by atoms with Crippen molar-refractivity contribution in [2.75, 3.05) is 13.2 Å². The molecule has 0 aromatic heterocycles. The van der Waals surface area contributed by atoms with Crippen molar-refractivity contribution in [3.63, 3.8) is 0 Å². The van der Waals surface area contributed by atoms with Gasteiger partial charge < -0.3 is 15.0 Å². The van der Waals surface area contributed by atoms with Crippen molar-refractivity contribution < 1.29 is 9.53 Å². The Morgan fingerprint density at radius 2 is 1.92 bits per heavy atom. The van der Waals surface area contributed by atoms with E-state index in [2.05, 4.69) is 21.2 Å². The first-order valence-corrected chi connectivity index (χ1v) is 8.82. The third-order valence-corrected chi connectivity index (χ3v) is 4.02. The van der Waals surface area contributed by atoms with Crippen LogP contribution in [0.2, 0.25) is 0 Å². The molecule has 2 amide bonds. The van der Waals surface area contributed by atoms with E-state index in [-0.39, 0.29) is 12.1 Å². The SMILES string of the molecule is CC(C)N(Cc1ccccc1)C(=O)NCCOc1cccc(Br)c1. The summed E-state index contributed by atoms with van der Waals surface area (Å²) in [6, 6.07) is 17.7. The Bertz CT molecular complexity index is 647. The number of nitrogens with zero attached hydrogens (tertiary/aromatic N) is 1. The number of hydrogen-bond donors (Lipinski definition) is 1. The number of carbonyl (C=O) groups excluding carboxylic acids is 1. The van der Waals surface area contributed by atoms with Crippen LogP contribution in [0.1, 0.15) is 19.4 Å². The molecule has 0 aliphatic rings. The molecular weight excluding hydrogens is 368 g/mol. The van der Waals surface area contributed by atoms with Gasteiger partial charge in [0.25, 0.3) is 0 Å². The lowest BCUT2D eigenvalue weighted by Gasteiger charge is -2.27. The highest BCUT2D eigenvalue weighted by Crippen LogP contribution is 2.17. The van der Waals surface area contributed by atoms with Crippen molar-refractivity contribution in [2.45, 2.75) is 26.4 Å². The standard InChI is InChI=1S/C19H23BrN2O2/c1-15(2)22(14-16-7-4-3-5-8-16)19(23)21-11-12-24-18-10-6-9-17(20)13-18/h3-10,13,15H,11-12,14H2,1-2H3,(H,21,23). The van der Waals surface area contributed by atoms with Gasteiger partial charge in [0, 0.05) is 17.1 Å². The maximum atomic E-state index is 12.4. The summed E-state index contributed by atoms with van der Waals surface area (Å²) in [5, 5.41) is 2.92. The maximum absolute atomic E-state index is 12.4. The fourth-order valence-corrected chi connectivity index (χ4v) is 2.63. The van der Waals surface area contributed by atoms with E-state index >= 15 is 0 Å². The van der Waals surface area contributed by atoms with Gasteiger partial charge in [-0.3, -0.25) is 0 Å². The lowest BCUT2D eigenvalue weighted by Crippen LogP contribution is -2.44. The number of hydrogen-bond acceptors (Lipinski definition) is 2. The average molecular weight is 391 g/mol. The molecule has 1 N–H and O–H groups in total. The van der Waals surface area contributed by atoms with Crippen LogP contribution in [0.3, 0.4) is 0 Å². The highest BCUT2D eigenvalue weighted by molar-refractivity contribution is 9.10. The molecule has 0 fully saturated rings. The molecule has 0 saturated heterocycles. The molecule has 0 heterocycles. The van der Waals surface area contributed by atoms with E-state index in [4.69, 9.17) is 4.74 Å². The fraction of sp³-hybridized carbons (Fsp3) is 0.316. The van der Waals surface area contributed by atoms with Crippen LogP contribution in [0.25, 0.3) is 0 Å². The lowest BCUT2D eigenvalue weighted by molar-refractivity contribution is 0.177. The molecule has 24 heavy (non-hydrogen) atoms. The first-order chi connectivity index (χ1) is 11.6. The Labute approximate surface area is 151 Å². The minimum absolute atomic E-state index is 0.0771. The van der Waals surface area contributed by atoms with Gasteiger partial charge in [0.2, 0.25) is 0 Å². The molecule has 0 unspecified atom stereocenters. The van der Waals surface area contributed by atoms with Gasteiger partial charge in [-0.2, -0.15) is 0 Å². The summed E-state index contributed by atoms with van der Waals surface area (Å²) in [5.74, 6) is 0.781. The van der Waals surface area contributed by atoms with E-state index in [1.807, 2.05) is 73.3 Å². The molecule has 4 nitrogen and oxygen atoms in total. The second-order valence-electron chi connectivity index (χ2n) is 5.75. The molecule has 0 atom stereocenters. The van der Waals surface area contributed by atoms with Crippen LogP contribution in [-0.2, 0) is 6.54 Å². The minimum Gasteiger partial charge on any atom is -0.492 e. The first kappa shape index (κ1) is 18.3. The number of halogens is 1. The molecule has 5 heteroatoms. The number of ether oxygens (including phenoxy) is 1. The molecular formula is C19H23BrN2O2. The number of rotatable bonds is 7. The van der Waals surface area contributed by atoms with Gasteiger partial charge in [0.05, 0.1) is 6.54 Å². The Balaban J connectivity index is 1.80. The molecule has 128 valence electrons. The summed E-state index contributed by atoms with van der Waals surface area (Å²) >= 11 is 3.40. The predicted molar refractivity (Wildman–Crippen MR) is 100 cm³/mol. The zero-order valence-corrected chi connectivity index (χ0v) is 15.6. The van der Waals surface area contributed by atoms with Gasteiger partial charge in [-0.1, -0.05) is 52.3 Å². The zero-order valence-electron chi connectivity index (χ0n) is 14.0. The topological polar surface area (TPSA) is 41.6 Å². The monoisotopic (exact) mass is 390 g/mol. The first-order valence-electron chi connectivity index (χ1n) is 8.03. The van der Waals surface area contributed by atoms with Gasteiger partial charge in [0.15, 0.2) is 0 Å². The molecule has 0 spiro atoms. The van der Waals surface area contributed by atoms with Gasteiger partial charge in [-0.25, -0.2) is 4.79 Å². The Kier molecular flexibility index (Phi) is 7.12. The largest absolute Gasteiger partial charge is 0.492 e. The second kappa shape index (κ2) is 9.33.